The molecule has 11 rings (SSSR count). The number of fused-ring (bicyclic) bond motifs is 8. The van der Waals surface area contributed by atoms with E-state index in [-0.39, 0.29) is 13.4 Å². The van der Waals surface area contributed by atoms with Crippen LogP contribution in [0.4, 0.5) is 0 Å². The summed E-state index contributed by atoms with van der Waals surface area (Å²) in [6, 6.07) is 50.1. The van der Waals surface area contributed by atoms with Gasteiger partial charge in [0.15, 0.2) is 0 Å². The van der Waals surface area contributed by atoms with Crippen molar-refractivity contribution in [3.8, 4) is 46.0 Å². The number of hydrogen-bond acceptors (Lipinski definition) is 6. The van der Waals surface area contributed by atoms with Gasteiger partial charge in [0.1, 0.15) is 46.0 Å². The molecule has 0 atom stereocenters. The maximum absolute atomic E-state index is 6.85. The van der Waals surface area contributed by atoms with Crippen molar-refractivity contribution < 1.29 is 18.9 Å². The lowest BCUT2D eigenvalue weighted by atomic mass is 9.32. The first-order chi connectivity index (χ1) is 24.7. The maximum Gasteiger partial charge on any atom is 0.253 e. The Morgan fingerprint density at radius 2 is 0.800 bits per heavy atom. The highest BCUT2D eigenvalue weighted by molar-refractivity contribution is 8.00. The van der Waals surface area contributed by atoms with Gasteiger partial charge in [-0.3, -0.25) is 0 Å². The average Bonchev–Trinajstić information content (AvgIpc) is 3.14. The zero-order valence-corrected chi connectivity index (χ0v) is 28.1. The SMILES string of the molecule is c1ccc(Oc2cc3c4c(c2)Sc2ccccc2B4c2cc4c(cc2O3)Oc2cc(Oc3ccccc3)cc3c2B4c2ccccc2S3)cc1. The molecule has 8 heteroatoms. The van der Waals surface area contributed by atoms with E-state index in [1.165, 1.54) is 31.6 Å². The largest absolute Gasteiger partial charge is 0.458 e. The molecule has 4 nitrogen and oxygen atoms in total. The molecule has 0 bridgehead atoms. The zero-order chi connectivity index (χ0) is 32.8. The summed E-state index contributed by atoms with van der Waals surface area (Å²) >= 11 is 3.56. The smallest absolute Gasteiger partial charge is 0.253 e. The molecule has 0 fully saturated rings. The Morgan fingerprint density at radius 3 is 1.28 bits per heavy atom. The predicted molar refractivity (Wildman–Crippen MR) is 203 cm³/mol. The van der Waals surface area contributed by atoms with Crippen LogP contribution in [0, 0.1) is 0 Å². The summed E-state index contributed by atoms with van der Waals surface area (Å²) in [5.74, 6) is 6.28. The number of ether oxygens (including phenoxy) is 4. The van der Waals surface area contributed by atoms with E-state index in [9.17, 15) is 0 Å². The van der Waals surface area contributed by atoms with Crippen LogP contribution < -0.4 is 51.7 Å². The topological polar surface area (TPSA) is 36.9 Å². The Labute approximate surface area is 298 Å². The molecule has 0 spiro atoms. The van der Waals surface area contributed by atoms with Crippen molar-refractivity contribution in [1.29, 1.82) is 0 Å². The van der Waals surface area contributed by atoms with Crippen molar-refractivity contribution in [2.45, 2.75) is 19.6 Å². The Hall–Kier alpha value is -5.43. The summed E-state index contributed by atoms with van der Waals surface area (Å²) in [6.07, 6.45) is 0. The molecule has 50 heavy (non-hydrogen) atoms. The summed E-state index contributed by atoms with van der Waals surface area (Å²) in [7, 11) is 0. The number of hydrogen-bond donors (Lipinski definition) is 0. The molecule has 4 aliphatic rings. The second-order valence-electron chi connectivity index (χ2n) is 12.8. The molecule has 7 aromatic rings. The van der Waals surface area contributed by atoms with Crippen LogP contribution in [0.3, 0.4) is 0 Å². The van der Waals surface area contributed by atoms with E-state index in [1.807, 2.05) is 72.8 Å². The summed E-state index contributed by atoms with van der Waals surface area (Å²) in [5.41, 5.74) is 7.23. The second kappa shape index (κ2) is 11.0. The van der Waals surface area contributed by atoms with Gasteiger partial charge in [0.05, 0.1) is 0 Å². The van der Waals surface area contributed by atoms with Crippen LogP contribution >= 0.6 is 23.5 Å². The maximum atomic E-state index is 6.85. The molecule has 0 aromatic heterocycles. The Balaban J connectivity index is 1.08. The monoisotopic (exact) mass is 678 g/mol. The van der Waals surface area contributed by atoms with Crippen molar-refractivity contribution in [3.63, 3.8) is 0 Å². The van der Waals surface area contributed by atoms with Crippen LogP contribution in [0.2, 0.25) is 0 Å². The van der Waals surface area contributed by atoms with Crippen LogP contribution in [-0.2, 0) is 0 Å². The van der Waals surface area contributed by atoms with E-state index in [2.05, 4.69) is 72.8 Å². The van der Waals surface area contributed by atoms with Gasteiger partial charge in [-0.15, -0.1) is 0 Å². The predicted octanol–water partition coefficient (Wildman–Crippen LogP) is 7.44. The first-order valence-electron chi connectivity index (χ1n) is 16.6. The lowest BCUT2D eigenvalue weighted by Gasteiger charge is -2.36. The van der Waals surface area contributed by atoms with E-state index in [0.717, 1.165) is 66.7 Å². The molecule has 7 aromatic carbocycles. The van der Waals surface area contributed by atoms with Crippen molar-refractivity contribution in [2.75, 3.05) is 0 Å². The molecule has 234 valence electrons. The molecule has 0 saturated heterocycles. The van der Waals surface area contributed by atoms with E-state index in [4.69, 9.17) is 18.9 Å². The normalized spacial score (nSPS) is 13.7. The average molecular weight is 678 g/mol. The fraction of sp³-hybridized carbons (Fsp3) is 0. The third-order valence-electron chi connectivity index (χ3n) is 9.79. The van der Waals surface area contributed by atoms with Crippen LogP contribution in [0.15, 0.2) is 165 Å². The van der Waals surface area contributed by atoms with E-state index >= 15 is 0 Å². The van der Waals surface area contributed by atoms with Crippen molar-refractivity contribution in [3.05, 3.63) is 146 Å². The first kappa shape index (κ1) is 28.4. The molecule has 4 heterocycles. The second-order valence-corrected chi connectivity index (χ2v) is 14.9. The standard InChI is InChI=1S/C42H24B2O4S2/c1-3-11-25(12-4-1)45-27-19-35-41-39(21-27)49-37-17-9-7-15-29(37)43(41)31-23-32-34(24-33(31)47-35)48-36-20-28(46-26-13-5-2-6-14-26)22-40-42(36)44(32)30-16-8-10-18-38(30)50-40/h1-24H. The van der Waals surface area contributed by atoms with Crippen molar-refractivity contribution in [2.24, 2.45) is 0 Å². The number of benzene rings is 7. The molecular weight excluding hydrogens is 654 g/mol. The number of rotatable bonds is 4. The van der Waals surface area contributed by atoms with Gasteiger partial charge < -0.3 is 18.9 Å². The lowest BCUT2D eigenvalue weighted by molar-refractivity contribution is 0.449. The highest BCUT2D eigenvalue weighted by Crippen LogP contribution is 2.44. The van der Waals surface area contributed by atoms with Gasteiger partial charge in [-0.05, 0) is 70.4 Å². The quantitative estimate of drug-likeness (QED) is 0.180. The first-order valence-corrected chi connectivity index (χ1v) is 18.3. The minimum Gasteiger partial charge on any atom is -0.458 e. The minimum absolute atomic E-state index is 0.00741. The van der Waals surface area contributed by atoms with E-state index in [0.29, 0.717) is 0 Å². The van der Waals surface area contributed by atoms with Gasteiger partial charge in [0, 0.05) is 37.8 Å². The van der Waals surface area contributed by atoms with Gasteiger partial charge in [0.25, 0.3) is 13.4 Å². The minimum atomic E-state index is 0.00741. The molecule has 0 amide bonds. The fourth-order valence-corrected chi connectivity index (χ4v) is 10.1. The Morgan fingerprint density at radius 1 is 0.360 bits per heavy atom. The van der Waals surface area contributed by atoms with E-state index < -0.39 is 0 Å². The van der Waals surface area contributed by atoms with Crippen LogP contribution in [0.1, 0.15) is 0 Å². The van der Waals surface area contributed by atoms with Crippen molar-refractivity contribution in [1.82, 2.24) is 0 Å². The highest BCUT2D eigenvalue weighted by atomic mass is 32.2. The third kappa shape index (κ3) is 4.45. The molecule has 0 saturated carbocycles. The molecule has 0 N–H and O–H groups in total. The fourth-order valence-electron chi connectivity index (χ4n) is 7.71. The van der Waals surface area contributed by atoms with Gasteiger partial charge in [0.2, 0.25) is 0 Å². The number of para-hydroxylation sites is 2. The zero-order valence-electron chi connectivity index (χ0n) is 26.5. The van der Waals surface area contributed by atoms with Gasteiger partial charge in [-0.25, -0.2) is 0 Å². The van der Waals surface area contributed by atoms with Crippen molar-refractivity contribution >= 4 is 69.7 Å². The Kier molecular flexibility index (Phi) is 6.27. The molecule has 0 radical (unpaired) electrons. The van der Waals surface area contributed by atoms with Gasteiger partial charge in [-0.2, -0.15) is 0 Å². The van der Waals surface area contributed by atoms with Crippen LogP contribution in [0.25, 0.3) is 0 Å². The molecular formula is C42H24B2O4S2. The van der Waals surface area contributed by atoms with E-state index in [1.54, 1.807) is 23.5 Å². The third-order valence-corrected chi connectivity index (χ3v) is 12.1. The molecule has 4 aliphatic heterocycles. The van der Waals surface area contributed by atoms with Gasteiger partial charge >= 0.3 is 0 Å². The summed E-state index contributed by atoms with van der Waals surface area (Å²) in [4.78, 5) is 4.78. The summed E-state index contributed by atoms with van der Waals surface area (Å²) < 4.78 is 26.4. The Bertz CT molecular complexity index is 2350. The van der Waals surface area contributed by atoms with Crippen LogP contribution in [-0.4, -0.2) is 13.4 Å². The highest BCUT2D eigenvalue weighted by Gasteiger charge is 2.44. The molecule has 0 aliphatic carbocycles. The summed E-state index contributed by atoms with van der Waals surface area (Å²) in [5, 5.41) is 0. The molecule has 0 unspecified atom stereocenters. The summed E-state index contributed by atoms with van der Waals surface area (Å²) in [6.45, 7) is 0.0148. The lowest BCUT2D eigenvalue weighted by Crippen LogP contribution is -2.61. The van der Waals surface area contributed by atoms with Crippen LogP contribution in [0.5, 0.6) is 46.0 Å². The van der Waals surface area contributed by atoms with Gasteiger partial charge in [-0.1, -0.05) is 113 Å².